The number of carbonyl (C=O) groups is 2. The summed E-state index contributed by atoms with van der Waals surface area (Å²) in [4.78, 5) is 24.7. The van der Waals surface area contributed by atoms with E-state index in [-0.39, 0.29) is 6.61 Å². The highest BCUT2D eigenvalue weighted by Crippen LogP contribution is 2.32. The molecule has 6 nitrogen and oxygen atoms in total. The van der Waals surface area contributed by atoms with Gasteiger partial charge in [0.15, 0.2) is 0 Å². The van der Waals surface area contributed by atoms with Crippen LogP contribution in [-0.4, -0.2) is 34.9 Å². The van der Waals surface area contributed by atoms with Crippen molar-refractivity contribution in [2.75, 3.05) is 0 Å². The van der Waals surface area contributed by atoms with Gasteiger partial charge in [-0.2, -0.15) is 0 Å². The Labute approximate surface area is 170 Å². The maximum absolute atomic E-state index is 12.4. The van der Waals surface area contributed by atoms with Crippen LogP contribution in [0.1, 0.15) is 31.4 Å². The summed E-state index contributed by atoms with van der Waals surface area (Å²) in [5.74, 6) is -1.08. The summed E-state index contributed by atoms with van der Waals surface area (Å²) in [7, 11) is 0. The van der Waals surface area contributed by atoms with Crippen LogP contribution in [0.25, 0.3) is 0 Å². The van der Waals surface area contributed by atoms with Crippen molar-refractivity contribution in [3.05, 3.63) is 71.8 Å². The quantitative estimate of drug-likeness (QED) is 0.701. The van der Waals surface area contributed by atoms with E-state index in [0.29, 0.717) is 12.8 Å². The van der Waals surface area contributed by atoms with Crippen LogP contribution in [0.4, 0.5) is 4.79 Å². The summed E-state index contributed by atoms with van der Waals surface area (Å²) >= 11 is 0. The molecule has 3 rings (SSSR count). The number of rotatable bonds is 7. The second-order valence-corrected chi connectivity index (χ2v) is 7.92. The van der Waals surface area contributed by atoms with Crippen LogP contribution in [0.5, 0.6) is 0 Å². The summed E-state index contributed by atoms with van der Waals surface area (Å²) in [6, 6.07) is 18.6. The second-order valence-electron chi connectivity index (χ2n) is 7.92. The predicted molar refractivity (Wildman–Crippen MR) is 108 cm³/mol. The van der Waals surface area contributed by atoms with E-state index >= 15 is 0 Å². The van der Waals surface area contributed by atoms with E-state index in [1.165, 1.54) is 0 Å². The Morgan fingerprint density at radius 2 is 1.72 bits per heavy atom. The predicted octanol–water partition coefficient (Wildman–Crippen LogP) is 3.23. The van der Waals surface area contributed by atoms with E-state index in [9.17, 15) is 14.7 Å². The van der Waals surface area contributed by atoms with Crippen LogP contribution in [-0.2, 0) is 27.3 Å². The number of hydrogen-bond donors (Lipinski definition) is 2. The highest BCUT2D eigenvalue weighted by molar-refractivity contribution is 5.76. The van der Waals surface area contributed by atoms with Gasteiger partial charge in [0, 0.05) is 6.42 Å². The Morgan fingerprint density at radius 3 is 2.28 bits per heavy atom. The van der Waals surface area contributed by atoms with Crippen molar-refractivity contribution in [1.82, 2.24) is 5.32 Å². The minimum absolute atomic E-state index is 0.154. The van der Waals surface area contributed by atoms with Gasteiger partial charge in [0.1, 0.15) is 12.7 Å². The zero-order chi connectivity index (χ0) is 20.9. The average molecular weight is 397 g/mol. The summed E-state index contributed by atoms with van der Waals surface area (Å²) in [6.45, 7) is 3.34. The standard InChI is InChI=1S/C23H27NO5/c1-23(2,27)18-14-20(29-21(18)25)19(13-16-9-5-3-6-10-16)24-22(26)28-15-17-11-7-4-8-12-17/h3-12,18-20,27H,13-15H2,1-2H3,(H,24,26)/t18-,19+,20+/m1/s1. The number of cyclic esters (lactones) is 1. The van der Waals surface area contributed by atoms with Crippen LogP contribution in [0, 0.1) is 5.92 Å². The zero-order valence-electron chi connectivity index (χ0n) is 16.7. The number of benzene rings is 2. The largest absolute Gasteiger partial charge is 0.460 e. The normalized spacial score (nSPS) is 20.0. The Morgan fingerprint density at radius 1 is 1.14 bits per heavy atom. The smallest absolute Gasteiger partial charge is 0.407 e. The fourth-order valence-electron chi connectivity index (χ4n) is 3.49. The molecule has 0 bridgehead atoms. The van der Waals surface area contributed by atoms with E-state index < -0.39 is 35.7 Å². The third kappa shape index (κ3) is 5.81. The molecule has 0 unspecified atom stereocenters. The van der Waals surface area contributed by atoms with Gasteiger partial charge in [-0.25, -0.2) is 4.79 Å². The van der Waals surface area contributed by atoms with Crippen LogP contribution in [0.2, 0.25) is 0 Å². The molecule has 1 aliphatic heterocycles. The third-order valence-electron chi connectivity index (χ3n) is 5.14. The Balaban J connectivity index is 1.68. The second kappa shape index (κ2) is 9.09. The molecule has 1 aliphatic rings. The van der Waals surface area contributed by atoms with Gasteiger partial charge in [-0.05, 0) is 31.4 Å². The van der Waals surface area contributed by atoms with Crippen molar-refractivity contribution >= 4 is 12.1 Å². The van der Waals surface area contributed by atoms with Gasteiger partial charge < -0.3 is 19.9 Å². The fraction of sp³-hybridized carbons (Fsp3) is 0.391. The van der Waals surface area contributed by atoms with Crippen molar-refractivity contribution in [2.45, 2.75) is 51.0 Å². The molecule has 0 radical (unpaired) electrons. The van der Waals surface area contributed by atoms with Crippen molar-refractivity contribution in [3.63, 3.8) is 0 Å². The number of hydrogen-bond acceptors (Lipinski definition) is 5. The number of ether oxygens (including phenoxy) is 2. The summed E-state index contributed by atoms with van der Waals surface area (Å²) in [5.41, 5.74) is 0.706. The molecule has 2 aromatic rings. The van der Waals surface area contributed by atoms with Crippen molar-refractivity contribution < 1.29 is 24.2 Å². The summed E-state index contributed by atoms with van der Waals surface area (Å²) in [6.07, 6.45) is -0.294. The number of amides is 1. The van der Waals surface area contributed by atoms with E-state index in [1.54, 1.807) is 13.8 Å². The van der Waals surface area contributed by atoms with Gasteiger partial charge in [0.05, 0.1) is 17.6 Å². The SMILES string of the molecule is CC(C)(O)[C@@H]1C[C@@H]([C@H](Cc2ccccc2)NC(=O)OCc2ccccc2)OC1=O. The minimum Gasteiger partial charge on any atom is -0.460 e. The molecule has 0 aliphatic carbocycles. The van der Waals surface area contributed by atoms with Crippen LogP contribution < -0.4 is 5.32 Å². The lowest BCUT2D eigenvalue weighted by atomic mass is 9.86. The number of esters is 1. The first-order valence-corrected chi connectivity index (χ1v) is 9.77. The van der Waals surface area contributed by atoms with Crippen LogP contribution in [0.15, 0.2) is 60.7 Å². The molecule has 1 saturated heterocycles. The van der Waals surface area contributed by atoms with Gasteiger partial charge in [-0.1, -0.05) is 60.7 Å². The maximum Gasteiger partial charge on any atom is 0.407 e. The topological polar surface area (TPSA) is 84.9 Å². The Bertz CT molecular complexity index is 816. The van der Waals surface area contributed by atoms with Crippen molar-refractivity contribution in [3.8, 4) is 0 Å². The van der Waals surface area contributed by atoms with Crippen molar-refractivity contribution in [2.24, 2.45) is 5.92 Å². The summed E-state index contributed by atoms with van der Waals surface area (Å²) < 4.78 is 10.9. The molecule has 29 heavy (non-hydrogen) atoms. The molecule has 2 aromatic carbocycles. The van der Waals surface area contributed by atoms with Crippen LogP contribution in [0.3, 0.4) is 0 Å². The molecule has 6 heteroatoms. The van der Waals surface area contributed by atoms with Gasteiger partial charge in [-0.15, -0.1) is 0 Å². The molecular formula is C23H27NO5. The molecule has 3 atom stereocenters. The molecule has 1 fully saturated rings. The minimum atomic E-state index is -1.18. The first-order valence-electron chi connectivity index (χ1n) is 9.77. The Hall–Kier alpha value is -2.86. The molecular weight excluding hydrogens is 370 g/mol. The lowest BCUT2D eigenvalue weighted by Gasteiger charge is -2.25. The number of aliphatic hydroxyl groups is 1. The molecule has 1 heterocycles. The highest BCUT2D eigenvalue weighted by atomic mass is 16.6. The number of nitrogens with one attached hydrogen (secondary N) is 1. The molecule has 0 aromatic heterocycles. The maximum atomic E-state index is 12.4. The lowest BCUT2D eigenvalue weighted by molar-refractivity contribution is -0.150. The van der Waals surface area contributed by atoms with E-state index in [4.69, 9.17) is 9.47 Å². The van der Waals surface area contributed by atoms with E-state index in [0.717, 1.165) is 11.1 Å². The number of carbonyl (C=O) groups excluding carboxylic acids is 2. The summed E-state index contributed by atoms with van der Waals surface area (Å²) in [5, 5.41) is 13.1. The van der Waals surface area contributed by atoms with Crippen molar-refractivity contribution in [1.29, 1.82) is 0 Å². The third-order valence-corrected chi connectivity index (χ3v) is 5.14. The van der Waals surface area contributed by atoms with E-state index in [2.05, 4.69) is 5.32 Å². The highest BCUT2D eigenvalue weighted by Gasteiger charge is 2.46. The first kappa shape index (κ1) is 20.9. The fourth-order valence-corrected chi connectivity index (χ4v) is 3.49. The first-order chi connectivity index (χ1) is 13.8. The van der Waals surface area contributed by atoms with Gasteiger partial charge in [0.25, 0.3) is 0 Å². The number of alkyl carbamates (subject to hydrolysis) is 1. The van der Waals surface area contributed by atoms with Crippen LogP contribution >= 0.6 is 0 Å². The lowest BCUT2D eigenvalue weighted by Crippen LogP contribution is -2.45. The molecule has 1 amide bonds. The molecule has 0 spiro atoms. The van der Waals surface area contributed by atoms with E-state index in [1.807, 2.05) is 60.7 Å². The molecule has 2 N–H and O–H groups in total. The molecule has 0 saturated carbocycles. The van der Waals surface area contributed by atoms with Gasteiger partial charge in [-0.3, -0.25) is 4.79 Å². The van der Waals surface area contributed by atoms with Gasteiger partial charge in [0.2, 0.25) is 0 Å². The Kier molecular flexibility index (Phi) is 6.54. The zero-order valence-corrected chi connectivity index (χ0v) is 16.7. The monoisotopic (exact) mass is 397 g/mol. The molecule has 154 valence electrons. The van der Waals surface area contributed by atoms with Gasteiger partial charge >= 0.3 is 12.1 Å². The average Bonchev–Trinajstić information content (AvgIpc) is 3.10.